The van der Waals surface area contributed by atoms with Crippen molar-refractivity contribution in [2.24, 2.45) is 18.7 Å². The Kier molecular flexibility index (Phi) is 3.47. The molecule has 1 heterocycles. The third-order valence-corrected chi connectivity index (χ3v) is 3.48. The molecule has 0 bridgehead atoms. The molecule has 0 spiro atoms. The van der Waals surface area contributed by atoms with Gasteiger partial charge in [0.2, 0.25) is 5.91 Å². The lowest BCUT2D eigenvalue weighted by atomic mass is 9.85. The molecule has 1 fully saturated rings. The number of hydrogen-bond acceptors (Lipinski definition) is 3. The Morgan fingerprint density at radius 3 is 2.88 bits per heavy atom. The Hall–Kier alpha value is -1.36. The van der Waals surface area contributed by atoms with Gasteiger partial charge in [-0.25, -0.2) is 0 Å². The quantitative estimate of drug-likeness (QED) is 0.836. The van der Waals surface area contributed by atoms with E-state index in [1.165, 1.54) is 19.3 Å². The predicted molar refractivity (Wildman–Crippen MR) is 65.1 cm³/mol. The Morgan fingerprint density at radius 1 is 1.71 bits per heavy atom. The average molecular weight is 236 g/mol. The molecule has 1 unspecified atom stereocenters. The largest absolute Gasteiger partial charge is 0.344 e. The molecule has 0 aromatic carbocycles. The van der Waals surface area contributed by atoms with Gasteiger partial charge >= 0.3 is 0 Å². The van der Waals surface area contributed by atoms with Crippen LogP contribution in [0.15, 0.2) is 12.4 Å². The van der Waals surface area contributed by atoms with E-state index in [-0.39, 0.29) is 5.91 Å². The van der Waals surface area contributed by atoms with Crippen molar-refractivity contribution in [3.63, 3.8) is 0 Å². The summed E-state index contributed by atoms with van der Waals surface area (Å²) in [5, 5.41) is 4.03. The Bertz CT molecular complexity index is 397. The van der Waals surface area contributed by atoms with Gasteiger partial charge in [0.1, 0.15) is 6.04 Å². The van der Waals surface area contributed by atoms with Crippen molar-refractivity contribution in [2.45, 2.75) is 25.3 Å². The number of carbonyl (C=O) groups excluding carboxylic acids is 1. The van der Waals surface area contributed by atoms with E-state index in [1.807, 2.05) is 14.1 Å². The molecule has 1 saturated carbocycles. The summed E-state index contributed by atoms with van der Waals surface area (Å²) in [5.74, 6) is 0.648. The highest BCUT2D eigenvalue weighted by atomic mass is 16.2. The van der Waals surface area contributed by atoms with Crippen molar-refractivity contribution in [3.8, 4) is 0 Å². The van der Waals surface area contributed by atoms with E-state index in [4.69, 9.17) is 5.73 Å². The topological polar surface area (TPSA) is 64.2 Å². The zero-order valence-electron chi connectivity index (χ0n) is 10.5. The molecule has 1 aliphatic carbocycles. The van der Waals surface area contributed by atoms with Gasteiger partial charge in [-0.1, -0.05) is 6.42 Å². The van der Waals surface area contributed by atoms with Crippen LogP contribution in [0.4, 0.5) is 0 Å². The highest BCUT2D eigenvalue weighted by Crippen LogP contribution is 2.27. The summed E-state index contributed by atoms with van der Waals surface area (Å²) >= 11 is 0. The molecule has 5 nitrogen and oxygen atoms in total. The summed E-state index contributed by atoms with van der Waals surface area (Å²) in [7, 11) is 3.65. The van der Waals surface area contributed by atoms with E-state index in [0.29, 0.717) is 5.92 Å². The van der Waals surface area contributed by atoms with E-state index in [1.54, 1.807) is 22.0 Å². The number of carbonyl (C=O) groups is 1. The van der Waals surface area contributed by atoms with E-state index >= 15 is 0 Å². The molecule has 0 radical (unpaired) electrons. The Morgan fingerprint density at radius 2 is 2.41 bits per heavy atom. The summed E-state index contributed by atoms with van der Waals surface area (Å²) in [6.45, 7) is 0.826. The smallest absolute Gasteiger partial charge is 0.243 e. The van der Waals surface area contributed by atoms with Crippen LogP contribution in [0.2, 0.25) is 0 Å². The molecule has 0 aliphatic heterocycles. The Balaban J connectivity index is 1.93. The number of nitrogens with zero attached hydrogens (tertiary/aromatic N) is 3. The third kappa shape index (κ3) is 2.66. The summed E-state index contributed by atoms with van der Waals surface area (Å²) in [6.07, 6.45) is 7.21. The molecule has 1 amide bonds. The van der Waals surface area contributed by atoms with Crippen LogP contribution >= 0.6 is 0 Å². The molecule has 94 valence electrons. The van der Waals surface area contributed by atoms with Crippen molar-refractivity contribution in [3.05, 3.63) is 18.0 Å². The van der Waals surface area contributed by atoms with E-state index in [0.717, 1.165) is 12.1 Å². The SMILES string of the molecule is CN(CC1CCC1)C(=O)C(N)c1cnn(C)c1. The van der Waals surface area contributed by atoms with Gasteiger partial charge in [0.25, 0.3) is 0 Å². The van der Waals surface area contributed by atoms with Crippen molar-refractivity contribution in [2.75, 3.05) is 13.6 Å². The van der Waals surface area contributed by atoms with Crippen molar-refractivity contribution in [1.29, 1.82) is 0 Å². The molecule has 1 aromatic rings. The lowest BCUT2D eigenvalue weighted by Gasteiger charge is -2.31. The Labute approximate surface area is 102 Å². The van der Waals surface area contributed by atoms with Gasteiger partial charge in [0.15, 0.2) is 0 Å². The van der Waals surface area contributed by atoms with Gasteiger partial charge in [-0.05, 0) is 18.8 Å². The summed E-state index contributed by atoms with van der Waals surface area (Å²) in [4.78, 5) is 13.8. The molecular formula is C12H20N4O. The van der Waals surface area contributed by atoms with E-state index in [2.05, 4.69) is 5.10 Å². The fourth-order valence-electron chi connectivity index (χ4n) is 2.13. The van der Waals surface area contributed by atoms with E-state index in [9.17, 15) is 4.79 Å². The van der Waals surface area contributed by atoms with Crippen molar-refractivity contribution >= 4 is 5.91 Å². The minimum absolute atomic E-state index is 0.0232. The molecule has 0 saturated heterocycles. The first-order chi connectivity index (χ1) is 8.08. The number of likely N-dealkylation sites (N-methyl/N-ethyl adjacent to an activating group) is 1. The molecule has 2 rings (SSSR count). The second-order valence-corrected chi connectivity index (χ2v) is 4.94. The zero-order chi connectivity index (χ0) is 12.4. The summed E-state index contributed by atoms with van der Waals surface area (Å²) in [5.41, 5.74) is 6.72. The summed E-state index contributed by atoms with van der Waals surface area (Å²) < 4.78 is 1.66. The number of nitrogens with two attached hydrogens (primary N) is 1. The number of aryl methyl sites for hydroxylation is 1. The van der Waals surface area contributed by atoms with Crippen LogP contribution in [-0.4, -0.2) is 34.2 Å². The van der Waals surface area contributed by atoms with Crippen LogP contribution in [0.5, 0.6) is 0 Å². The maximum Gasteiger partial charge on any atom is 0.243 e. The van der Waals surface area contributed by atoms with Gasteiger partial charge in [-0.3, -0.25) is 9.48 Å². The van der Waals surface area contributed by atoms with Crippen LogP contribution in [0.25, 0.3) is 0 Å². The van der Waals surface area contributed by atoms with Crippen LogP contribution in [0.3, 0.4) is 0 Å². The van der Waals surface area contributed by atoms with Crippen LogP contribution in [0.1, 0.15) is 30.9 Å². The van der Waals surface area contributed by atoms with Gasteiger partial charge in [-0.2, -0.15) is 5.10 Å². The number of aromatic nitrogens is 2. The van der Waals surface area contributed by atoms with Crippen LogP contribution in [-0.2, 0) is 11.8 Å². The lowest BCUT2D eigenvalue weighted by Crippen LogP contribution is -2.39. The normalized spacial score (nSPS) is 17.6. The minimum Gasteiger partial charge on any atom is -0.344 e. The summed E-state index contributed by atoms with van der Waals surface area (Å²) in [6, 6.07) is -0.589. The number of amides is 1. The molecule has 1 aromatic heterocycles. The number of hydrogen-bond donors (Lipinski definition) is 1. The minimum atomic E-state index is -0.589. The second-order valence-electron chi connectivity index (χ2n) is 4.94. The predicted octanol–water partition coefficient (Wildman–Crippen LogP) is 0.678. The van der Waals surface area contributed by atoms with Crippen molar-refractivity contribution < 1.29 is 4.79 Å². The highest BCUT2D eigenvalue weighted by Gasteiger charge is 2.25. The van der Waals surface area contributed by atoms with Gasteiger partial charge in [0, 0.05) is 32.4 Å². The molecule has 5 heteroatoms. The standard InChI is InChI=1S/C12H20N4O/c1-15(7-9-4-3-5-9)12(17)11(13)10-6-14-16(2)8-10/h6,8-9,11H,3-5,7,13H2,1-2H3. The van der Waals surface area contributed by atoms with Crippen molar-refractivity contribution in [1.82, 2.24) is 14.7 Å². The first-order valence-corrected chi connectivity index (χ1v) is 6.07. The first-order valence-electron chi connectivity index (χ1n) is 6.07. The molecule has 17 heavy (non-hydrogen) atoms. The van der Waals surface area contributed by atoms with Gasteiger partial charge < -0.3 is 10.6 Å². The zero-order valence-corrected chi connectivity index (χ0v) is 10.5. The average Bonchev–Trinajstić information content (AvgIpc) is 2.68. The van der Waals surface area contributed by atoms with Gasteiger partial charge in [0.05, 0.1) is 6.20 Å². The lowest BCUT2D eigenvalue weighted by molar-refractivity contribution is -0.132. The number of rotatable bonds is 4. The molecule has 2 N–H and O–H groups in total. The maximum absolute atomic E-state index is 12.1. The second kappa shape index (κ2) is 4.87. The van der Waals surface area contributed by atoms with Crippen LogP contribution in [0, 0.1) is 5.92 Å². The highest BCUT2D eigenvalue weighted by molar-refractivity contribution is 5.82. The molecule has 1 aliphatic rings. The molecule has 1 atom stereocenters. The molecular weight excluding hydrogens is 216 g/mol. The van der Waals surface area contributed by atoms with Crippen LogP contribution < -0.4 is 5.73 Å². The first kappa shape index (κ1) is 12.1. The van der Waals surface area contributed by atoms with Gasteiger partial charge in [-0.15, -0.1) is 0 Å². The fraction of sp³-hybridized carbons (Fsp3) is 0.667. The third-order valence-electron chi connectivity index (χ3n) is 3.48. The monoisotopic (exact) mass is 236 g/mol. The maximum atomic E-state index is 12.1. The van der Waals surface area contributed by atoms with E-state index < -0.39 is 6.04 Å². The fourth-order valence-corrected chi connectivity index (χ4v) is 2.13.